The van der Waals surface area contributed by atoms with Crippen LogP contribution in [0.1, 0.15) is 65.7 Å². The number of Topliss-reactive ketones (excluding diaryl/α,β-unsaturated/α-hetero) is 1. The molecule has 0 bridgehead atoms. The molecule has 2 aliphatic rings. The highest BCUT2D eigenvalue weighted by molar-refractivity contribution is 7.88. The highest BCUT2D eigenvalue weighted by Gasteiger charge is 2.24. The van der Waals surface area contributed by atoms with Crippen LogP contribution in [0.25, 0.3) is 27.6 Å². The number of nitrogens with two attached hydrogens (primary N) is 1. The summed E-state index contributed by atoms with van der Waals surface area (Å²) in [6, 6.07) is 11.8. The van der Waals surface area contributed by atoms with Gasteiger partial charge in [-0.15, -0.1) is 0 Å². The van der Waals surface area contributed by atoms with E-state index in [1.165, 1.54) is 17.0 Å². The maximum absolute atomic E-state index is 13.1. The van der Waals surface area contributed by atoms with E-state index in [4.69, 9.17) is 5.73 Å². The Morgan fingerprint density at radius 1 is 1.08 bits per heavy atom. The van der Waals surface area contributed by atoms with Crippen molar-refractivity contribution in [1.29, 1.82) is 0 Å². The number of carbonyl (C=O) groups is 2. The standard InChI is InChI=1S/C30H35N3O4S/c1-19-22(17-28(34)21-7-4-3-5-8-21)9-6-10-23(19)24-11-12-25(30(31)35)29-26(24)18-27(32-29)20-13-15-33(16-14-20)38(2,36)37/h6,9-13,18,21,32H,3-5,7-8,14-17H2,1-2H3,(H2,31,35). The van der Waals surface area contributed by atoms with Crippen molar-refractivity contribution in [3.05, 3.63) is 64.9 Å². The van der Waals surface area contributed by atoms with Crippen molar-refractivity contribution in [2.75, 3.05) is 19.3 Å². The van der Waals surface area contributed by atoms with Gasteiger partial charge in [0.05, 0.1) is 17.3 Å². The molecule has 0 unspecified atom stereocenters. The summed E-state index contributed by atoms with van der Waals surface area (Å²) in [4.78, 5) is 28.7. The quantitative estimate of drug-likeness (QED) is 0.446. The fraction of sp³-hybridized carbons (Fsp3) is 0.400. The minimum absolute atomic E-state index is 0.169. The van der Waals surface area contributed by atoms with E-state index in [9.17, 15) is 18.0 Å². The number of hydrogen-bond donors (Lipinski definition) is 2. The van der Waals surface area contributed by atoms with Gasteiger partial charge in [-0.3, -0.25) is 9.59 Å². The molecule has 1 fully saturated rings. The van der Waals surface area contributed by atoms with Crippen LogP contribution in [-0.2, 0) is 21.2 Å². The first kappa shape index (κ1) is 26.4. The predicted molar refractivity (Wildman–Crippen MR) is 151 cm³/mol. The van der Waals surface area contributed by atoms with Crippen LogP contribution in [0.3, 0.4) is 0 Å². The molecule has 0 atom stereocenters. The minimum Gasteiger partial charge on any atom is -0.366 e. The molecule has 1 aliphatic heterocycles. The lowest BCUT2D eigenvalue weighted by Crippen LogP contribution is -2.33. The van der Waals surface area contributed by atoms with Gasteiger partial charge in [-0.2, -0.15) is 4.31 Å². The first-order valence-electron chi connectivity index (χ1n) is 13.3. The van der Waals surface area contributed by atoms with Crippen LogP contribution in [0, 0.1) is 12.8 Å². The van der Waals surface area contributed by atoms with Gasteiger partial charge in [0.15, 0.2) is 0 Å². The maximum Gasteiger partial charge on any atom is 0.250 e. The Balaban J connectivity index is 1.53. The SMILES string of the molecule is Cc1c(CC(=O)C2CCCCC2)cccc1-c1ccc(C(N)=O)c2[nH]c(C3=CCN(S(C)(=O)=O)CC3)cc12. The first-order valence-corrected chi connectivity index (χ1v) is 15.2. The number of amides is 1. The van der Waals surface area contributed by atoms with Crippen LogP contribution >= 0.6 is 0 Å². The van der Waals surface area contributed by atoms with Gasteiger partial charge in [-0.05, 0) is 66.1 Å². The highest BCUT2D eigenvalue weighted by atomic mass is 32.2. The van der Waals surface area contributed by atoms with Crippen molar-refractivity contribution < 1.29 is 18.0 Å². The summed E-state index contributed by atoms with van der Waals surface area (Å²) in [6.45, 7) is 2.78. The number of sulfonamides is 1. The Labute approximate surface area is 224 Å². The minimum atomic E-state index is -3.25. The van der Waals surface area contributed by atoms with Crippen LogP contribution in [0.15, 0.2) is 42.5 Å². The number of rotatable bonds is 7. The number of carbonyl (C=O) groups excluding carboxylic acids is 2. The number of aromatic nitrogens is 1. The van der Waals surface area contributed by atoms with E-state index in [-0.39, 0.29) is 5.92 Å². The molecule has 2 heterocycles. The normalized spacial score (nSPS) is 17.5. The van der Waals surface area contributed by atoms with Gasteiger partial charge < -0.3 is 10.7 Å². The average molecular weight is 534 g/mol. The van der Waals surface area contributed by atoms with E-state index < -0.39 is 15.9 Å². The number of H-pyrrole nitrogens is 1. The Kier molecular flexibility index (Phi) is 7.29. The fourth-order valence-electron chi connectivity index (χ4n) is 5.95. The van der Waals surface area contributed by atoms with Gasteiger partial charge in [-0.25, -0.2) is 8.42 Å². The third-order valence-corrected chi connectivity index (χ3v) is 9.48. The summed E-state index contributed by atoms with van der Waals surface area (Å²) in [5.41, 5.74) is 12.7. The van der Waals surface area contributed by atoms with Crippen LogP contribution in [0.5, 0.6) is 0 Å². The summed E-state index contributed by atoms with van der Waals surface area (Å²) >= 11 is 0. The van der Waals surface area contributed by atoms with E-state index >= 15 is 0 Å². The van der Waals surface area contributed by atoms with Crippen LogP contribution in [-0.4, -0.2) is 48.7 Å². The molecule has 3 aromatic rings. The Morgan fingerprint density at radius 3 is 2.50 bits per heavy atom. The molecule has 38 heavy (non-hydrogen) atoms. The highest BCUT2D eigenvalue weighted by Crippen LogP contribution is 2.37. The second-order valence-corrected chi connectivity index (χ2v) is 12.6. The topological polar surface area (TPSA) is 113 Å². The zero-order valence-corrected chi connectivity index (χ0v) is 22.9. The summed E-state index contributed by atoms with van der Waals surface area (Å²) in [6.07, 6.45) is 9.64. The van der Waals surface area contributed by atoms with Gasteiger partial charge in [0, 0.05) is 36.5 Å². The Morgan fingerprint density at radius 2 is 1.84 bits per heavy atom. The number of hydrogen-bond acceptors (Lipinski definition) is 4. The zero-order valence-electron chi connectivity index (χ0n) is 22.0. The van der Waals surface area contributed by atoms with E-state index in [2.05, 4.69) is 18.0 Å². The van der Waals surface area contributed by atoms with Crippen LogP contribution in [0.4, 0.5) is 0 Å². The molecule has 8 heteroatoms. The van der Waals surface area contributed by atoms with Gasteiger partial charge in [0.1, 0.15) is 5.78 Å². The van der Waals surface area contributed by atoms with E-state index in [1.54, 1.807) is 6.07 Å². The number of nitrogens with zero attached hydrogens (tertiary/aromatic N) is 1. The molecular formula is C30H35N3O4S. The number of ketones is 1. The molecular weight excluding hydrogens is 498 g/mol. The Hall–Kier alpha value is -3.23. The van der Waals surface area contributed by atoms with E-state index in [1.807, 2.05) is 30.3 Å². The molecule has 1 amide bonds. The van der Waals surface area contributed by atoms with Crippen molar-refractivity contribution in [2.24, 2.45) is 11.7 Å². The van der Waals surface area contributed by atoms with Crippen LogP contribution in [0.2, 0.25) is 0 Å². The average Bonchev–Trinajstić information content (AvgIpc) is 3.35. The van der Waals surface area contributed by atoms with E-state index in [0.29, 0.717) is 42.8 Å². The summed E-state index contributed by atoms with van der Waals surface area (Å²) < 4.78 is 25.3. The molecule has 1 aliphatic carbocycles. The molecule has 1 saturated carbocycles. The molecule has 200 valence electrons. The third kappa shape index (κ3) is 5.20. The lowest BCUT2D eigenvalue weighted by molar-refractivity contribution is -0.123. The number of benzene rings is 2. The molecule has 5 rings (SSSR count). The molecule has 1 aromatic heterocycles. The molecule has 7 nitrogen and oxygen atoms in total. The van der Waals surface area contributed by atoms with Crippen LogP contribution < -0.4 is 5.73 Å². The van der Waals surface area contributed by atoms with Crippen molar-refractivity contribution in [1.82, 2.24) is 9.29 Å². The fourth-order valence-corrected chi connectivity index (χ4v) is 6.72. The van der Waals surface area contributed by atoms with Crippen molar-refractivity contribution in [3.63, 3.8) is 0 Å². The van der Waals surface area contributed by atoms with Gasteiger partial charge in [0.25, 0.3) is 5.91 Å². The maximum atomic E-state index is 13.1. The monoisotopic (exact) mass is 533 g/mol. The van der Waals surface area contributed by atoms with Gasteiger partial charge in [0.2, 0.25) is 10.0 Å². The molecule has 2 aromatic carbocycles. The Bertz CT molecular complexity index is 1540. The summed E-state index contributed by atoms with van der Waals surface area (Å²) in [5.74, 6) is -0.0159. The van der Waals surface area contributed by atoms with Crippen molar-refractivity contribution >= 4 is 38.2 Å². The molecule has 0 spiro atoms. The third-order valence-electron chi connectivity index (χ3n) is 8.21. The summed E-state index contributed by atoms with van der Waals surface area (Å²) in [7, 11) is -3.25. The molecule has 3 N–H and O–H groups in total. The number of primary amides is 1. The van der Waals surface area contributed by atoms with Crippen molar-refractivity contribution in [2.45, 2.75) is 51.9 Å². The second kappa shape index (κ2) is 10.5. The number of fused-ring (bicyclic) bond motifs is 1. The van der Waals surface area contributed by atoms with Gasteiger partial charge in [-0.1, -0.05) is 49.6 Å². The lowest BCUT2D eigenvalue weighted by Gasteiger charge is -2.23. The van der Waals surface area contributed by atoms with Crippen molar-refractivity contribution in [3.8, 4) is 11.1 Å². The smallest absolute Gasteiger partial charge is 0.250 e. The molecule has 0 saturated heterocycles. The zero-order chi connectivity index (χ0) is 27.0. The lowest BCUT2D eigenvalue weighted by atomic mass is 9.83. The second-order valence-electron chi connectivity index (χ2n) is 10.7. The number of aromatic amines is 1. The van der Waals surface area contributed by atoms with E-state index in [0.717, 1.165) is 64.6 Å². The first-order chi connectivity index (χ1) is 18.1. The predicted octanol–water partition coefficient (Wildman–Crippen LogP) is 4.98. The summed E-state index contributed by atoms with van der Waals surface area (Å²) in [5, 5.41) is 0.876. The largest absolute Gasteiger partial charge is 0.366 e. The number of nitrogens with one attached hydrogen (secondary N) is 1. The van der Waals surface area contributed by atoms with Gasteiger partial charge >= 0.3 is 0 Å². The molecule has 0 radical (unpaired) electrons.